The van der Waals surface area contributed by atoms with Gasteiger partial charge in [-0.2, -0.15) is 5.10 Å². The fraction of sp³-hybridized carbons (Fsp3) is 0.286. The molecule has 100 valence electrons. The lowest BCUT2D eigenvalue weighted by atomic mass is 10.1. The predicted octanol–water partition coefficient (Wildman–Crippen LogP) is 3.34. The average molecular weight is 323 g/mol. The molecule has 0 atom stereocenters. The highest BCUT2D eigenvalue weighted by molar-refractivity contribution is 9.10. The smallest absolute Gasteiger partial charge is 0.339 e. The molecule has 19 heavy (non-hydrogen) atoms. The van der Waals surface area contributed by atoms with E-state index in [0.29, 0.717) is 18.5 Å². The van der Waals surface area contributed by atoms with Crippen LogP contribution in [0.4, 0.5) is 0 Å². The Morgan fingerprint density at radius 1 is 1.42 bits per heavy atom. The first-order chi connectivity index (χ1) is 9.13. The molecule has 0 amide bonds. The number of nitrogens with zero attached hydrogens (tertiary/aromatic N) is 2. The minimum Gasteiger partial charge on any atom is -0.478 e. The summed E-state index contributed by atoms with van der Waals surface area (Å²) in [5.74, 6) is -0.915. The predicted molar refractivity (Wildman–Crippen MR) is 76.4 cm³/mol. The van der Waals surface area contributed by atoms with Crippen molar-refractivity contribution in [2.24, 2.45) is 0 Å². The molecule has 5 heteroatoms. The minimum atomic E-state index is -0.915. The normalized spacial score (nSPS) is 10.6. The Bertz CT molecular complexity index is 593. The Balaban J connectivity index is 2.35. The molecule has 0 aliphatic carbocycles. The van der Waals surface area contributed by atoms with Gasteiger partial charge >= 0.3 is 5.97 Å². The molecular formula is C14H15BrN2O2. The number of benzene rings is 1. The Morgan fingerprint density at radius 3 is 2.79 bits per heavy atom. The molecule has 0 saturated heterocycles. The SMILES string of the molecule is CCCc1c(C(=O)O)cnn1Cc1ccccc1Br. The van der Waals surface area contributed by atoms with Gasteiger partial charge in [-0.3, -0.25) is 4.68 Å². The molecule has 1 heterocycles. The summed E-state index contributed by atoms with van der Waals surface area (Å²) >= 11 is 3.50. The summed E-state index contributed by atoms with van der Waals surface area (Å²) in [4.78, 5) is 11.2. The van der Waals surface area contributed by atoms with Crippen molar-refractivity contribution in [3.63, 3.8) is 0 Å². The largest absolute Gasteiger partial charge is 0.478 e. The van der Waals surface area contributed by atoms with E-state index in [1.54, 1.807) is 4.68 Å². The number of carbonyl (C=O) groups is 1. The van der Waals surface area contributed by atoms with Crippen molar-refractivity contribution < 1.29 is 9.90 Å². The van der Waals surface area contributed by atoms with Crippen LogP contribution in [-0.4, -0.2) is 20.9 Å². The Kier molecular flexibility index (Phi) is 4.37. The summed E-state index contributed by atoms with van der Waals surface area (Å²) in [6.45, 7) is 2.60. The van der Waals surface area contributed by atoms with Crippen molar-refractivity contribution in [1.29, 1.82) is 0 Å². The first-order valence-corrected chi connectivity index (χ1v) is 6.94. The van der Waals surface area contributed by atoms with Crippen molar-refractivity contribution >= 4 is 21.9 Å². The standard InChI is InChI=1S/C14H15BrN2O2/c1-2-5-13-11(14(18)19)8-16-17(13)9-10-6-3-4-7-12(10)15/h3-4,6-8H,2,5,9H2,1H3,(H,18,19). The monoisotopic (exact) mass is 322 g/mol. The quantitative estimate of drug-likeness (QED) is 0.918. The van der Waals surface area contributed by atoms with Gasteiger partial charge in [-0.15, -0.1) is 0 Å². The van der Waals surface area contributed by atoms with Crippen LogP contribution in [-0.2, 0) is 13.0 Å². The minimum absolute atomic E-state index is 0.300. The van der Waals surface area contributed by atoms with E-state index >= 15 is 0 Å². The zero-order valence-corrected chi connectivity index (χ0v) is 12.2. The maximum Gasteiger partial charge on any atom is 0.339 e. The molecule has 1 aromatic heterocycles. The van der Waals surface area contributed by atoms with Crippen LogP contribution < -0.4 is 0 Å². The van der Waals surface area contributed by atoms with Crippen LogP contribution in [0.2, 0.25) is 0 Å². The number of aromatic nitrogens is 2. The first kappa shape index (κ1) is 13.8. The molecule has 0 radical (unpaired) electrons. The second-order valence-corrected chi connectivity index (χ2v) is 5.16. The van der Waals surface area contributed by atoms with Crippen LogP contribution in [0.25, 0.3) is 0 Å². The van der Waals surface area contributed by atoms with E-state index in [2.05, 4.69) is 21.0 Å². The maximum absolute atomic E-state index is 11.2. The Hall–Kier alpha value is -1.62. The van der Waals surface area contributed by atoms with Crippen molar-refractivity contribution in [3.05, 3.63) is 51.8 Å². The number of rotatable bonds is 5. The van der Waals surface area contributed by atoms with Gasteiger partial charge in [0, 0.05) is 4.47 Å². The lowest BCUT2D eigenvalue weighted by Gasteiger charge is -2.09. The highest BCUT2D eigenvalue weighted by Crippen LogP contribution is 2.19. The highest BCUT2D eigenvalue weighted by Gasteiger charge is 2.16. The third-order valence-corrected chi connectivity index (χ3v) is 3.72. The van der Waals surface area contributed by atoms with Crippen LogP contribution in [0.5, 0.6) is 0 Å². The summed E-state index contributed by atoms with van der Waals surface area (Å²) in [6, 6.07) is 7.88. The fourth-order valence-electron chi connectivity index (χ4n) is 2.01. The van der Waals surface area contributed by atoms with Gasteiger partial charge < -0.3 is 5.11 Å². The van der Waals surface area contributed by atoms with Gasteiger partial charge in [0.1, 0.15) is 5.56 Å². The zero-order valence-electron chi connectivity index (χ0n) is 10.6. The van der Waals surface area contributed by atoms with E-state index in [1.165, 1.54) is 6.20 Å². The molecule has 2 aromatic rings. The van der Waals surface area contributed by atoms with Gasteiger partial charge in [0.15, 0.2) is 0 Å². The number of carboxylic acid groups (broad SMARTS) is 1. The summed E-state index contributed by atoms with van der Waals surface area (Å²) in [5, 5.41) is 13.4. The number of hydrogen-bond donors (Lipinski definition) is 1. The summed E-state index contributed by atoms with van der Waals surface area (Å²) in [7, 11) is 0. The van der Waals surface area contributed by atoms with Crippen molar-refractivity contribution in [2.45, 2.75) is 26.3 Å². The molecule has 2 rings (SSSR count). The van der Waals surface area contributed by atoms with E-state index in [9.17, 15) is 4.79 Å². The van der Waals surface area contributed by atoms with Gasteiger partial charge in [0.2, 0.25) is 0 Å². The summed E-state index contributed by atoms with van der Waals surface area (Å²) in [6.07, 6.45) is 3.04. The number of halogens is 1. The molecule has 0 bridgehead atoms. The average Bonchev–Trinajstić information content (AvgIpc) is 2.76. The van der Waals surface area contributed by atoms with E-state index in [4.69, 9.17) is 5.11 Å². The van der Waals surface area contributed by atoms with Crippen LogP contribution in [0.3, 0.4) is 0 Å². The molecule has 0 aliphatic rings. The van der Waals surface area contributed by atoms with Crippen LogP contribution in [0.15, 0.2) is 34.9 Å². The third kappa shape index (κ3) is 3.04. The van der Waals surface area contributed by atoms with Crippen LogP contribution in [0, 0.1) is 0 Å². The fourth-order valence-corrected chi connectivity index (χ4v) is 2.42. The molecule has 0 fully saturated rings. The second-order valence-electron chi connectivity index (χ2n) is 4.31. The lowest BCUT2D eigenvalue weighted by molar-refractivity contribution is 0.0695. The first-order valence-electron chi connectivity index (χ1n) is 6.14. The molecule has 0 unspecified atom stereocenters. The van der Waals surface area contributed by atoms with Gasteiger partial charge in [0.05, 0.1) is 18.4 Å². The topological polar surface area (TPSA) is 55.1 Å². The second kappa shape index (κ2) is 6.02. The molecule has 1 N–H and O–H groups in total. The summed E-state index contributed by atoms with van der Waals surface area (Å²) < 4.78 is 2.78. The molecule has 0 aliphatic heterocycles. The van der Waals surface area contributed by atoms with E-state index in [1.807, 2.05) is 31.2 Å². The van der Waals surface area contributed by atoms with Gasteiger partial charge in [-0.25, -0.2) is 4.79 Å². The Morgan fingerprint density at radius 2 is 2.16 bits per heavy atom. The molecule has 0 saturated carbocycles. The number of carboxylic acids is 1. The molecular weight excluding hydrogens is 308 g/mol. The van der Waals surface area contributed by atoms with Crippen LogP contribution in [0.1, 0.15) is 35.0 Å². The van der Waals surface area contributed by atoms with E-state index in [-0.39, 0.29) is 0 Å². The van der Waals surface area contributed by atoms with Gasteiger partial charge in [-0.05, 0) is 18.1 Å². The highest BCUT2D eigenvalue weighted by atomic mass is 79.9. The summed E-state index contributed by atoms with van der Waals surface area (Å²) in [5.41, 5.74) is 2.17. The van der Waals surface area contributed by atoms with Gasteiger partial charge in [-0.1, -0.05) is 47.5 Å². The zero-order chi connectivity index (χ0) is 13.8. The van der Waals surface area contributed by atoms with Gasteiger partial charge in [0.25, 0.3) is 0 Å². The third-order valence-electron chi connectivity index (χ3n) is 2.94. The molecule has 0 spiro atoms. The lowest BCUT2D eigenvalue weighted by Crippen LogP contribution is -2.09. The Labute approximate surface area is 120 Å². The number of aromatic carboxylic acids is 1. The van der Waals surface area contributed by atoms with Crippen molar-refractivity contribution in [2.75, 3.05) is 0 Å². The van der Waals surface area contributed by atoms with Crippen molar-refractivity contribution in [1.82, 2.24) is 9.78 Å². The van der Waals surface area contributed by atoms with E-state index < -0.39 is 5.97 Å². The molecule has 1 aromatic carbocycles. The number of hydrogen-bond acceptors (Lipinski definition) is 2. The maximum atomic E-state index is 11.2. The van der Waals surface area contributed by atoms with E-state index in [0.717, 1.165) is 22.2 Å². The van der Waals surface area contributed by atoms with Crippen LogP contribution >= 0.6 is 15.9 Å². The van der Waals surface area contributed by atoms with Crippen molar-refractivity contribution in [3.8, 4) is 0 Å². The molecule has 4 nitrogen and oxygen atoms in total.